The van der Waals surface area contributed by atoms with Gasteiger partial charge in [0.25, 0.3) is 0 Å². The molecule has 0 radical (unpaired) electrons. The Labute approximate surface area is 92.7 Å². The molecule has 0 saturated heterocycles. The molecule has 0 fully saturated rings. The maximum Gasteiger partial charge on any atom is 0.311 e. The van der Waals surface area contributed by atoms with Crippen molar-refractivity contribution in [2.75, 3.05) is 0 Å². The fraction of sp³-hybridized carbons (Fsp3) is 0.455. The molecule has 1 atom stereocenters. The average Bonchev–Trinajstić information content (AvgIpc) is 2.65. The zero-order valence-electron chi connectivity index (χ0n) is 8.77. The molecule has 0 aliphatic carbocycles. The van der Waals surface area contributed by atoms with Crippen molar-refractivity contribution in [3.63, 3.8) is 0 Å². The van der Waals surface area contributed by atoms with E-state index in [0.717, 1.165) is 5.56 Å². The second-order valence-electron chi connectivity index (χ2n) is 3.77. The van der Waals surface area contributed by atoms with E-state index in [9.17, 15) is 9.59 Å². The molecule has 1 rings (SSSR count). The van der Waals surface area contributed by atoms with E-state index < -0.39 is 11.9 Å². The predicted octanol–water partition coefficient (Wildman–Crippen LogP) is 2.53. The first-order chi connectivity index (χ1) is 7.02. The van der Waals surface area contributed by atoms with E-state index in [1.54, 1.807) is 25.3 Å². The van der Waals surface area contributed by atoms with Crippen molar-refractivity contribution in [2.24, 2.45) is 5.92 Å². The number of carboxylic acids is 1. The van der Waals surface area contributed by atoms with Gasteiger partial charge in [-0.1, -0.05) is 13.8 Å². The lowest BCUT2D eigenvalue weighted by Crippen LogP contribution is -2.18. The predicted molar refractivity (Wildman–Crippen MR) is 59.2 cm³/mol. The Kier molecular flexibility index (Phi) is 4.03. The largest absolute Gasteiger partial charge is 0.481 e. The molecule has 3 nitrogen and oxygen atoms in total. The summed E-state index contributed by atoms with van der Waals surface area (Å²) in [6.07, 6.45) is 0.0870. The van der Waals surface area contributed by atoms with Gasteiger partial charge in [-0.2, -0.15) is 11.3 Å². The van der Waals surface area contributed by atoms with Crippen molar-refractivity contribution in [1.82, 2.24) is 0 Å². The fourth-order valence-corrected chi connectivity index (χ4v) is 1.97. The molecule has 1 heterocycles. The van der Waals surface area contributed by atoms with Gasteiger partial charge in [-0.05, 0) is 22.4 Å². The van der Waals surface area contributed by atoms with Crippen LogP contribution in [0.4, 0.5) is 0 Å². The van der Waals surface area contributed by atoms with Gasteiger partial charge in [0.1, 0.15) is 5.78 Å². The summed E-state index contributed by atoms with van der Waals surface area (Å²) < 4.78 is 0. The maximum absolute atomic E-state index is 11.5. The van der Waals surface area contributed by atoms with Gasteiger partial charge in [0, 0.05) is 12.3 Å². The molecule has 0 aliphatic heterocycles. The Morgan fingerprint density at radius 2 is 2.13 bits per heavy atom. The first kappa shape index (κ1) is 11.9. The van der Waals surface area contributed by atoms with Crippen LogP contribution in [0.15, 0.2) is 16.8 Å². The SMILES string of the molecule is CC(C)C(=O)CC(C(=O)O)c1ccsc1. The molecule has 1 unspecified atom stereocenters. The highest BCUT2D eigenvalue weighted by molar-refractivity contribution is 7.08. The van der Waals surface area contributed by atoms with Gasteiger partial charge in [-0.25, -0.2) is 0 Å². The highest BCUT2D eigenvalue weighted by Gasteiger charge is 2.24. The fourth-order valence-electron chi connectivity index (χ4n) is 1.26. The average molecular weight is 226 g/mol. The van der Waals surface area contributed by atoms with Gasteiger partial charge in [0.05, 0.1) is 5.92 Å². The molecule has 0 saturated carbocycles. The molecule has 0 aliphatic rings. The Balaban J connectivity index is 2.77. The molecule has 0 bridgehead atoms. The van der Waals surface area contributed by atoms with Crippen LogP contribution >= 0.6 is 11.3 Å². The number of thiophene rings is 1. The smallest absolute Gasteiger partial charge is 0.311 e. The van der Waals surface area contributed by atoms with Crippen LogP contribution in [0, 0.1) is 5.92 Å². The summed E-state index contributed by atoms with van der Waals surface area (Å²) in [5.74, 6) is -1.73. The minimum Gasteiger partial charge on any atom is -0.481 e. The number of carbonyl (C=O) groups is 2. The van der Waals surface area contributed by atoms with E-state index in [2.05, 4.69) is 0 Å². The third kappa shape index (κ3) is 3.16. The van der Waals surface area contributed by atoms with Gasteiger partial charge in [-0.3, -0.25) is 9.59 Å². The Morgan fingerprint density at radius 1 is 1.47 bits per heavy atom. The summed E-state index contributed by atoms with van der Waals surface area (Å²) >= 11 is 1.45. The lowest BCUT2D eigenvalue weighted by atomic mass is 9.92. The van der Waals surface area contributed by atoms with E-state index in [4.69, 9.17) is 5.11 Å². The van der Waals surface area contributed by atoms with E-state index >= 15 is 0 Å². The summed E-state index contributed by atoms with van der Waals surface area (Å²) in [6, 6.07) is 1.76. The summed E-state index contributed by atoms with van der Waals surface area (Å²) in [5, 5.41) is 12.6. The van der Waals surface area contributed by atoms with Gasteiger partial charge < -0.3 is 5.11 Å². The number of carboxylic acid groups (broad SMARTS) is 1. The molecule has 0 amide bonds. The molecular formula is C11H14O3S. The first-order valence-electron chi connectivity index (χ1n) is 4.80. The third-order valence-electron chi connectivity index (χ3n) is 2.29. The molecular weight excluding hydrogens is 212 g/mol. The number of hydrogen-bond donors (Lipinski definition) is 1. The lowest BCUT2D eigenvalue weighted by Gasteiger charge is -2.11. The lowest BCUT2D eigenvalue weighted by molar-refractivity contribution is -0.140. The van der Waals surface area contributed by atoms with Gasteiger partial charge in [0.2, 0.25) is 0 Å². The van der Waals surface area contributed by atoms with Crippen LogP contribution in [-0.2, 0) is 9.59 Å². The van der Waals surface area contributed by atoms with Crippen molar-refractivity contribution >= 4 is 23.1 Å². The van der Waals surface area contributed by atoms with Crippen LogP contribution in [0.2, 0.25) is 0 Å². The maximum atomic E-state index is 11.5. The second-order valence-corrected chi connectivity index (χ2v) is 4.55. The highest BCUT2D eigenvalue weighted by atomic mass is 32.1. The monoisotopic (exact) mass is 226 g/mol. The summed E-state index contributed by atoms with van der Waals surface area (Å²) in [5.41, 5.74) is 0.724. The number of carbonyl (C=O) groups excluding carboxylic acids is 1. The zero-order valence-corrected chi connectivity index (χ0v) is 9.58. The molecule has 4 heteroatoms. The quantitative estimate of drug-likeness (QED) is 0.839. The number of hydrogen-bond acceptors (Lipinski definition) is 3. The molecule has 0 spiro atoms. The van der Waals surface area contributed by atoms with E-state index in [-0.39, 0.29) is 18.1 Å². The molecule has 15 heavy (non-hydrogen) atoms. The number of ketones is 1. The van der Waals surface area contributed by atoms with Crippen LogP contribution < -0.4 is 0 Å². The number of rotatable bonds is 5. The van der Waals surface area contributed by atoms with Crippen LogP contribution in [-0.4, -0.2) is 16.9 Å². The van der Waals surface area contributed by atoms with Crippen LogP contribution in [0.1, 0.15) is 31.7 Å². The first-order valence-corrected chi connectivity index (χ1v) is 5.74. The standard InChI is InChI=1S/C11H14O3S/c1-7(2)10(12)5-9(11(13)14)8-3-4-15-6-8/h3-4,6-7,9H,5H2,1-2H3,(H,13,14). The topological polar surface area (TPSA) is 54.4 Å². The van der Waals surface area contributed by atoms with Crippen molar-refractivity contribution in [3.8, 4) is 0 Å². The minimum absolute atomic E-state index is 0.00593. The number of aliphatic carboxylic acids is 1. The molecule has 0 aromatic carbocycles. The van der Waals surface area contributed by atoms with Crippen molar-refractivity contribution in [2.45, 2.75) is 26.2 Å². The Hall–Kier alpha value is -1.16. The molecule has 1 aromatic heterocycles. The summed E-state index contributed by atoms with van der Waals surface area (Å²) in [7, 11) is 0. The van der Waals surface area contributed by atoms with Crippen LogP contribution in [0.5, 0.6) is 0 Å². The Morgan fingerprint density at radius 3 is 2.53 bits per heavy atom. The third-order valence-corrected chi connectivity index (χ3v) is 2.99. The molecule has 1 aromatic rings. The summed E-state index contributed by atoms with van der Waals surface area (Å²) in [6.45, 7) is 3.57. The van der Waals surface area contributed by atoms with Crippen molar-refractivity contribution in [1.29, 1.82) is 0 Å². The highest BCUT2D eigenvalue weighted by Crippen LogP contribution is 2.24. The zero-order chi connectivity index (χ0) is 11.4. The summed E-state index contributed by atoms with van der Waals surface area (Å²) in [4.78, 5) is 22.5. The van der Waals surface area contributed by atoms with Gasteiger partial charge in [0.15, 0.2) is 0 Å². The van der Waals surface area contributed by atoms with Crippen molar-refractivity contribution < 1.29 is 14.7 Å². The second kappa shape index (κ2) is 5.07. The normalized spacial score (nSPS) is 12.7. The number of Topliss-reactive ketones (excluding diaryl/α,β-unsaturated/α-hetero) is 1. The Bertz CT molecular complexity index is 341. The van der Waals surface area contributed by atoms with Crippen LogP contribution in [0.25, 0.3) is 0 Å². The van der Waals surface area contributed by atoms with E-state index in [0.29, 0.717) is 0 Å². The minimum atomic E-state index is -0.928. The molecule has 82 valence electrons. The van der Waals surface area contributed by atoms with E-state index in [1.165, 1.54) is 11.3 Å². The van der Waals surface area contributed by atoms with Gasteiger partial charge >= 0.3 is 5.97 Å². The van der Waals surface area contributed by atoms with Gasteiger partial charge in [-0.15, -0.1) is 0 Å². The molecule has 1 N–H and O–H groups in total. The van der Waals surface area contributed by atoms with Crippen LogP contribution in [0.3, 0.4) is 0 Å². The van der Waals surface area contributed by atoms with Crippen molar-refractivity contribution in [3.05, 3.63) is 22.4 Å². The van der Waals surface area contributed by atoms with E-state index in [1.807, 2.05) is 5.38 Å².